The second-order valence-electron chi connectivity index (χ2n) is 6.27. The van der Waals surface area contributed by atoms with Crippen molar-refractivity contribution in [3.63, 3.8) is 0 Å². The zero-order valence-corrected chi connectivity index (χ0v) is 16.2. The molecule has 3 aromatic heterocycles. The molecule has 0 aliphatic carbocycles. The van der Waals surface area contributed by atoms with E-state index in [9.17, 15) is 9.59 Å². The molecule has 0 spiro atoms. The molecule has 4 rings (SSSR count). The Morgan fingerprint density at radius 1 is 0.964 bits per heavy atom. The van der Waals surface area contributed by atoms with Crippen LogP contribution < -0.4 is 11.2 Å². The largest absolute Gasteiger partial charge is 0.332 e. The van der Waals surface area contributed by atoms with Crippen LogP contribution in [-0.2, 0) is 19.8 Å². The number of benzene rings is 1. The number of rotatable bonds is 4. The van der Waals surface area contributed by atoms with E-state index >= 15 is 0 Å². The normalized spacial score (nSPS) is 11.1. The fraction of sp³-hybridized carbons (Fsp3) is 0.150. The van der Waals surface area contributed by atoms with Crippen LogP contribution in [0.4, 0.5) is 0 Å². The first-order chi connectivity index (χ1) is 13.6. The third-order valence-corrected chi connectivity index (χ3v) is 5.44. The Morgan fingerprint density at radius 3 is 2.46 bits per heavy atom. The number of hydrogen-bond donors (Lipinski definition) is 0. The van der Waals surface area contributed by atoms with Gasteiger partial charge in [0.2, 0.25) is 0 Å². The Morgan fingerprint density at radius 2 is 1.75 bits per heavy atom. The van der Waals surface area contributed by atoms with Gasteiger partial charge < -0.3 is 0 Å². The SMILES string of the molecule is Cn1c(=O)c2c(SCc3cccnc3)nc(-c3ccccc3)nc2n(C)c1=O. The molecule has 0 amide bonds. The van der Waals surface area contributed by atoms with E-state index in [1.807, 2.05) is 42.5 Å². The van der Waals surface area contributed by atoms with E-state index in [4.69, 9.17) is 0 Å². The average molecular weight is 391 g/mol. The van der Waals surface area contributed by atoms with Crippen LogP contribution in [0.15, 0.2) is 69.5 Å². The molecule has 0 radical (unpaired) electrons. The third-order valence-electron chi connectivity index (χ3n) is 4.40. The summed E-state index contributed by atoms with van der Waals surface area (Å²) in [6.07, 6.45) is 3.50. The lowest BCUT2D eigenvalue weighted by molar-refractivity contribution is 0.703. The minimum Gasteiger partial charge on any atom is -0.280 e. The molecule has 0 fully saturated rings. The number of aromatic nitrogens is 5. The maximum absolute atomic E-state index is 12.8. The highest BCUT2D eigenvalue weighted by molar-refractivity contribution is 7.98. The van der Waals surface area contributed by atoms with Gasteiger partial charge >= 0.3 is 5.69 Å². The molecule has 0 aliphatic rings. The van der Waals surface area contributed by atoms with Gasteiger partial charge in [0, 0.05) is 37.8 Å². The molecule has 0 bridgehead atoms. The summed E-state index contributed by atoms with van der Waals surface area (Å²) in [6, 6.07) is 13.3. The van der Waals surface area contributed by atoms with E-state index in [0.29, 0.717) is 27.6 Å². The van der Waals surface area contributed by atoms with Crippen LogP contribution in [0, 0.1) is 0 Å². The van der Waals surface area contributed by atoms with Crippen molar-refractivity contribution in [3.8, 4) is 11.4 Å². The lowest BCUT2D eigenvalue weighted by Gasteiger charge is -2.12. The Bertz CT molecular complexity index is 1270. The molecule has 0 aliphatic heterocycles. The highest BCUT2D eigenvalue weighted by Crippen LogP contribution is 2.28. The molecule has 7 nitrogen and oxygen atoms in total. The quantitative estimate of drug-likeness (QED) is 0.392. The van der Waals surface area contributed by atoms with Crippen LogP contribution in [0.2, 0.25) is 0 Å². The van der Waals surface area contributed by atoms with Crippen LogP contribution in [-0.4, -0.2) is 24.1 Å². The van der Waals surface area contributed by atoms with Crippen LogP contribution >= 0.6 is 11.8 Å². The third kappa shape index (κ3) is 3.22. The number of hydrogen-bond acceptors (Lipinski definition) is 6. The van der Waals surface area contributed by atoms with E-state index in [1.165, 1.54) is 23.4 Å². The molecule has 0 atom stereocenters. The second kappa shape index (κ2) is 7.40. The molecule has 28 heavy (non-hydrogen) atoms. The predicted octanol–water partition coefficient (Wildman–Crippen LogP) is 2.38. The molecule has 140 valence electrons. The number of aryl methyl sites for hydroxylation is 1. The van der Waals surface area contributed by atoms with Crippen LogP contribution in [0.25, 0.3) is 22.4 Å². The number of thioether (sulfide) groups is 1. The van der Waals surface area contributed by atoms with Crippen molar-refractivity contribution in [2.24, 2.45) is 14.1 Å². The Hall–Kier alpha value is -3.26. The first-order valence-corrected chi connectivity index (χ1v) is 9.59. The summed E-state index contributed by atoms with van der Waals surface area (Å²) in [7, 11) is 3.08. The van der Waals surface area contributed by atoms with Gasteiger partial charge in [0.05, 0.1) is 0 Å². The van der Waals surface area contributed by atoms with Crippen molar-refractivity contribution in [1.29, 1.82) is 0 Å². The highest BCUT2D eigenvalue weighted by Gasteiger charge is 2.18. The van der Waals surface area contributed by atoms with E-state index < -0.39 is 11.2 Å². The molecule has 0 saturated heterocycles. The molecule has 8 heteroatoms. The smallest absolute Gasteiger partial charge is 0.280 e. The average Bonchev–Trinajstić information content (AvgIpc) is 2.75. The minimum atomic E-state index is -0.418. The zero-order valence-electron chi connectivity index (χ0n) is 15.4. The number of fused-ring (bicyclic) bond motifs is 1. The van der Waals surface area contributed by atoms with Crippen molar-refractivity contribution >= 4 is 22.8 Å². The fourth-order valence-corrected chi connectivity index (χ4v) is 3.83. The predicted molar refractivity (Wildman–Crippen MR) is 109 cm³/mol. The zero-order chi connectivity index (χ0) is 19.7. The van der Waals surface area contributed by atoms with Gasteiger partial charge in [0.15, 0.2) is 11.5 Å². The van der Waals surface area contributed by atoms with Gasteiger partial charge in [-0.05, 0) is 11.6 Å². The van der Waals surface area contributed by atoms with Gasteiger partial charge in [-0.15, -0.1) is 11.8 Å². The number of pyridine rings is 1. The van der Waals surface area contributed by atoms with Gasteiger partial charge in [-0.25, -0.2) is 14.8 Å². The first-order valence-electron chi connectivity index (χ1n) is 8.61. The standard InChI is InChI=1S/C20H17N5O2S/c1-24-17-15(19(26)25(2)20(24)27)18(28-12-13-7-6-10-21-11-13)23-16(22-17)14-8-4-3-5-9-14/h3-11H,12H2,1-2H3. The highest BCUT2D eigenvalue weighted by atomic mass is 32.2. The molecular weight excluding hydrogens is 374 g/mol. The topological polar surface area (TPSA) is 82.7 Å². The maximum atomic E-state index is 12.8. The Kier molecular flexibility index (Phi) is 4.79. The molecule has 3 heterocycles. The lowest BCUT2D eigenvalue weighted by Crippen LogP contribution is -2.37. The maximum Gasteiger partial charge on any atom is 0.332 e. The van der Waals surface area contributed by atoms with Crippen molar-refractivity contribution in [1.82, 2.24) is 24.1 Å². The van der Waals surface area contributed by atoms with Crippen molar-refractivity contribution in [2.45, 2.75) is 10.8 Å². The molecule has 4 aromatic rings. The van der Waals surface area contributed by atoms with Crippen molar-refractivity contribution in [2.75, 3.05) is 0 Å². The lowest BCUT2D eigenvalue weighted by atomic mass is 10.2. The van der Waals surface area contributed by atoms with E-state index in [1.54, 1.807) is 19.4 Å². The Labute approximate surface area is 164 Å². The van der Waals surface area contributed by atoms with Gasteiger partial charge in [-0.3, -0.25) is 18.9 Å². The fourth-order valence-electron chi connectivity index (χ4n) is 2.88. The molecular formula is C20H17N5O2S. The van der Waals surface area contributed by atoms with Crippen LogP contribution in [0.5, 0.6) is 0 Å². The monoisotopic (exact) mass is 391 g/mol. The summed E-state index contributed by atoms with van der Waals surface area (Å²) in [4.78, 5) is 38.5. The van der Waals surface area contributed by atoms with E-state index in [-0.39, 0.29) is 0 Å². The van der Waals surface area contributed by atoms with Crippen LogP contribution in [0.1, 0.15) is 5.56 Å². The molecule has 1 aromatic carbocycles. The molecule has 0 N–H and O–H groups in total. The summed E-state index contributed by atoms with van der Waals surface area (Å²) in [6.45, 7) is 0. The summed E-state index contributed by atoms with van der Waals surface area (Å²) in [5.41, 5.74) is 1.35. The van der Waals surface area contributed by atoms with Crippen LogP contribution in [0.3, 0.4) is 0 Å². The van der Waals surface area contributed by atoms with E-state index in [2.05, 4.69) is 15.0 Å². The Balaban J connectivity index is 1.94. The van der Waals surface area contributed by atoms with Gasteiger partial charge in [-0.2, -0.15) is 0 Å². The van der Waals surface area contributed by atoms with Gasteiger partial charge in [-0.1, -0.05) is 36.4 Å². The summed E-state index contributed by atoms with van der Waals surface area (Å²) < 4.78 is 2.47. The van der Waals surface area contributed by atoms with Gasteiger partial charge in [0.1, 0.15) is 10.4 Å². The van der Waals surface area contributed by atoms with Crippen molar-refractivity contribution < 1.29 is 0 Å². The number of nitrogens with zero attached hydrogens (tertiary/aromatic N) is 5. The van der Waals surface area contributed by atoms with Gasteiger partial charge in [0.25, 0.3) is 5.56 Å². The van der Waals surface area contributed by atoms with E-state index in [0.717, 1.165) is 15.7 Å². The summed E-state index contributed by atoms with van der Waals surface area (Å²) in [5, 5.41) is 0.891. The second-order valence-corrected chi connectivity index (χ2v) is 7.24. The minimum absolute atomic E-state index is 0.329. The first kappa shape index (κ1) is 18.1. The van der Waals surface area contributed by atoms with Crippen molar-refractivity contribution in [3.05, 3.63) is 81.3 Å². The summed E-state index contributed by atoms with van der Waals surface area (Å²) >= 11 is 1.43. The molecule has 0 unspecified atom stereocenters. The molecule has 0 saturated carbocycles. The summed E-state index contributed by atoms with van der Waals surface area (Å²) in [5.74, 6) is 1.07.